The SMILES string of the molecule is O=S(=O)(Cc1ccc(F)c(F)c1)c1ccc(F)cc1. The Hall–Kier alpha value is -1.82. The Morgan fingerprint density at radius 2 is 1.47 bits per heavy atom. The third kappa shape index (κ3) is 3.14. The quantitative estimate of drug-likeness (QED) is 0.813. The molecule has 0 aliphatic rings. The molecule has 2 nitrogen and oxygen atoms in total. The smallest absolute Gasteiger partial charge is 0.182 e. The van der Waals surface area contributed by atoms with Crippen molar-refractivity contribution in [2.45, 2.75) is 10.6 Å². The van der Waals surface area contributed by atoms with Crippen LogP contribution in [0.4, 0.5) is 13.2 Å². The summed E-state index contributed by atoms with van der Waals surface area (Å²) in [6.07, 6.45) is 0. The van der Waals surface area contributed by atoms with E-state index in [1.54, 1.807) is 0 Å². The first-order chi connectivity index (χ1) is 8.88. The highest BCUT2D eigenvalue weighted by Crippen LogP contribution is 2.18. The number of hydrogen-bond acceptors (Lipinski definition) is 2. The molecule has 0 saturated carbocycles. The van der Waals surface area contributed by atoms with Crippen molar-refractivity contribution in [2.75, 3.05) is 0 Å². The van der Waals surface area contributed by atoms with Crippen LogP contribution in [0.3, 0.4) is 0 Å². The van der Waals surface area contributed by atoms with E-state index < -0.39 is 33.0 Å². The van der Waals surface area contributed by atoms with E-state index in [1.807, 2.05) is 0 Å². The van der Waals surface area contributed by atoms with Crippen LogP contribution in [-0.2, 0) is 15.6 Å². The molecule has 100 valence electrons. The normalized spacial score (nSPS) is 11.5. The third-order valence-corrected chi connectivity index (χ3v) is 4.22. The molecule has 0 amide bonds. The molecule has 6 heteroatoms. The van der Waals surface area contributed by atoms with Gasteiger partial charge < -0.3 is 0 Å². The zero-order valence-electron chi connectivity index (χ0n) is 9.61. The maximum absolute atomic E-state index is 13.0. The Labute approximate surface area is 108 Å². The molecule has 2 rings (SSSR count). The van der Waals surface area contributed by atoms with E-state index in [2.05, 4.69) is 0 Å². The van der Waals surface area contributed by atoms with Crippen LogP contribution in [0.15, 0.2) is 47.4 Å². The van der Waals surface area contributed by atoms with Crippen LogP contribution in [0.2, 0.25) is 0 Å². The molecule has 0 bridgehead atoms. The molecule has 0 N–H and O–H groups in total. The highest BCUT2D eigenvalue weighted by atomic mass is 32.2. The summed E-state index contributed by atoms with van der Waals surface area (Å²) < 4.78 is 62.4. The van der Waals surface area contributed by atoms with Gasteiger partial charge in [0, 0.05) is 0 Å². The average Bonchev–Trinajstić information content (AvgIpc) is 2.34. The molecule has 0 fully saturated rings. The summed E-state index contributed by atoms with van der Waals surface area (Å²) in [4.78, 5) is -0.0707. The first-order valence-electron chi connectivity index (χ1n) is 5.31. The Bertz CT molecular complexity index is 694. The van der Waals surface area contributed by atoms with Gasteiger partial charge in [-0.05, 0) is 42.0 Å². The van der Waals surface area contributed by atoms with Crippen LogP contribution >= 0.6 is 0 Å². The van der Waals surface area contributed by atoms with E-state index in [9.17, 15) is 21.6 Å². The molecule has 0 aromatic heterocycles. The Balaban J connectivity index is 2.30. The first-order valence-corrected chi connectivity index (χ1v) is 6.96. The highest BCUT2D eigenvalue weighted by molar-refractivity contribution is 7.90. The van der Waals surface area contributed by atoms with Crippen molar-refractivity contribution >= 4 is 9.84 Å². The zero-order valence-corrected chi connectivity index (χ0v) is 10.4. The Morgan fingerprint density at radius 1 is 0.842 bits per heavy atom. The lowest BCUT2D eigenvalue weighted by Crippen LogP contribution is -2.05. The van der Waals surface area contributed by atoms with Gasteiger partial charge in [0.2, 0.25) is 0 Å². The standard InChI is InChI=1S/C13H9F3O2S/c14-10-2-4-11(5-3-10)19(17,18)8-9-1-6-12(15)13(16)7-9/h1-7H,8H2. The number of halogens is 3. The molecule has 0 heterocycles. The van der Waals surface area contributed by atoms with Gasteiger partial charge in [0.25, 0.3) is 0 Å². The van der Waals surface area contributed by atoms with Crippen molar-refractivity contribution in [1.29, 1.82) is 0 Å². The molecule has 0 atom stereocenters. The van der Waals surface area contributed by atoms with Gasteiger partial charge >= 0.3 is 0 Å². The summed E-state index contributed by atoms with van der Waals surface area (Å²) in [5, 5.41) is 0. The topological polar surface area (TPSA) is 34.1 Å². The van der Waals surface area contributed by atoms with Gasteiger partial charge in [-0.15, -0.1) is 0 Å². The molecule has 0 unspecified atom stereocenters. The van der Waals surface area contributed by atoms with Crippen molar-refractivity contribution in [3.05, 3.63) is 65.5 Å². The molecule has 0 radical (unpaired) electrons. The van der Waals surface area contributed by atoms with E-state index in [4.69, 9.17) is 0 Å². The van der Waals surface area contributed by atoms with Gasteiger partial charge in [-0.1, -0.05) is 6.07 Å². The fraction of sp³-hybridized carbons (Fsp3) is 0.0769. The number of sulfone groups is 1. The second kappa shape index (κ2) is 5.05. The molecule has 2 aromatic carbocycles. The summed E-state index contributed by atoms with van der Waals surface area (Å²) >= 11 is 0. The summed E-state index contributed by atoms with van der Waals surface area (Å²) in [6.45, 7) is 0. The fourth-order valence-corrected chi connectivity index (χ4v) is 2.91. The highest BCUT2D eigenvalue weighted by Gasteiger charge is 2.16. The summed E-state index contributed by atoms with van der Waals surface area (Å²) in [6, 6.07) is 7.20. The average molecular weight is 286 g/mol. The molecule has 2 aromatic rings. The van der Waals surface area contributed by atoms with Crippen LogP contribution < -0.4 is 0 Å². The molecule has 0 aliphatic carbocycles. The van der Waals surface area contributed by atoms with E-state index in [0.717, 1.165) is 36.4 Å². The van der Waals surface area contributed by atoms with Crippen molar-refractivity contribution in [1.82, 2.24) is 0 Å². The van der Waals surface area contributed by atoms with Gasteiger partial charge in [-0.25, -0.2) is 21.6 Å². The fourth-order valence-electron chi connectivity index (χ4n) is 1.57. The van der Waals surface area contributed by atoms with Gasteiger partial charge in [0.15, 0.2) is 21.5 Å². The van der Waals surface area contributed by atoms with Crippen molar-refractivity contribution in [2.24, 2.45) is 0 Å². The summed E-state index contributed by atoms with van der Waals surface area (Å²) in [7, 11) is -3.72. The number of benzene rings is 2. The lowest BCUT2D eigenvalue weighted by molar-refractivity contribution is 0.507. The van der Waals surface area contributed by atoms with Crippen molar-refractivity contribution in [3.8, 4) is 0 Å². The summed E-state index contributed by atoms with van der Waals surface area (Å²) in [5.41, 5.74) is 0.128. The minimum absolute atomic E-state index is 0.0707. The van der Waals surface area contributed by atoms with E-state index in [-0.39, 0.29) is 10.5 Å². The van der Waals surface area contributed by atoms with Crippen LogP contribution in [0.5, 0.6) is 0 Å². The lowest BCUT2D eigenvalue weighted by atomic mass is 10.2. The number of rotatable bonds is 3. The second-order valence-electron chi connectivity index (χ2n) is 3.96. The van der Waals surface area contributed by atoms with E-state index >= 15 is 0 Å². The number of hydrogen-bond donors (Lipinski definition) is 0. The van der Waals surface area contributed by atoms with E-state index in [0.29, 0.717) is 0 Å². The molecule has 0 spiro atoms. The second-order valence-corrected chi connectivity index (χ2v) is 5.95. The van der Waals surface area contributed by atoms with Crippen LogP contribution in [0.1, 0.15) is 5.56 Å². The van der Waals surface area contributed by atoms with Gasteiger partial charge in [0.1, 0.15) is 5.82 Å². The van der Waals surface area contributed by atoms with Crippen molar-refractivity contribution < 1.29 is 21.6 Å². The maximum Gasteiger partial charge on any atom is 0.182 e. The van der Waals surface area contributed by atoms with E-state index in [1.165, 1.54) is 6.07 Å². The monoisotopic (exact) mass is 286 g/mol. The van der Waals surface area contributed by atoms with Gasteiger partial charge in [-0.3, -0.25) is 0 Å². The minimum atomic E-state index is -3.72. The molecular weight excluding hydrogens is 277 g/mol. The maximum atomic E-state index is 13.0. The van der Waals surface area contributed by atoms with Crippen LogP contribution in [0.25, 0.3) is 0 Å². The third-order valence-electron chi connectivity index (χ3n) is 2.51. The summed E-state index contributed by atoms with van der Waals surface area (Å²) in [5.74, 6) is -3.17. The van der Waals surface area contributed by atoms with Crippen molar-refractivity contribution in [3.63, 3.8) is 0 Å². The van der Waals surface area contributed by atoms with Crippen LogP contribution in [0, 0.1) is 17.5 Å². The largest absolute Gasteiger partial charge is 0.223 e. The zero-order chi connectivity index (χ0) is 14.0. The van der Waals surface area contributed by atoms with Crippen LogP contribution in [-0.4, -0.2) is 8.42 Å². The molecular formula is C13H9F3O2S. The molecule has 19 heavy (non-hydrogen) atoms. The van der Waals surface area contributed by atoms with Gasteiger partial charge in [-0.2, -0.15) is 0 Å². The first kappa shape index (κ1) is 13.6. The Morgan fingerprint density at radius 3 is 2.05 bits per heavy atom. The lowest BCUT2D eigenvalue weighted by Gasteiger charge is -2.05. The minimum Gasteiger partial charge on any atom is -0.223 e. The predicted octanol–water partition coefficient (Wildman–Crippen LogP) is 3.08. The van der Waals surface area contributed by atoms with Gasteiger partial charge in [0.05, 0.1) is 10.6 Å². The Kier molecular flexibility index (Phi) is 3.61. The predicted molar refractivity (Wildman–Crippen MR) is 63.6 cm³/mol. The molecule has 0 aliphatic heterocycles. The molecule has 0 saturated heterocycles.